The molecule has 0 amide bonds. The number of carbonyl (C=O) groups excluding carboxylic acids is 2. The second kappa shape index (κ2) is 7.77. The van der Waals surface area contributed by atoms with Crippen LogP contribution < -0.4 is 0 Å². The molecule has 1 aromatic carbocycles. The van der Waals surface area contributed by atoms with Crippen LogP contribution in [0.2, 0.25) is 0 Å². The summed E-state index contributed by atoms with van der Waals surface area (Å²) in [5.41, 5.74) is 2.05. The number of rotatable bonds is 7. The van der Waals surface area contributed by atoms with E-state index in [2.05, 4.69) is 0 Å². The van der Waals surface area contributed by atoms with Gasteiger partial charge in [0.1, 0.15) is 17.1 Å². The summed E-state index contributed by atoms with van der Waals surface area (Å²) in [5.74, 6) is 0.977. The van der Waals surface area contributed by atoms with Gasteiger partial charge in [-0.3, -0.25) is 4.79 Å². The third kappa shape index (κ3) is 3.89. The minimum atomic E-state index is -0.355. The van der Waals surface area contributed by atoms with E-state index in [0.29, 0.717) is 48.5 Å². The molecule has 0 aliphatic heterocycles. The van der Waals surface area contributed by atoms with Crippen molar-refractivity contribution in [1.29, 1.82) is 0 Å². The van der Waals surface area contributed by atoms with Crippen molar-refractivity contribution in [3.05, 3.63) is 58.5 Å². The first kappa shape index (κ1) is 17.0. The molecule has 1 aromatic heterocycles. The number of Topliss-reactive ketones (excluding diaryl/α,β-unsaturated/α-hetero) is 1. The summed E-state index contributed by atoms with van der Waals surface area (Å²) in [7, 11) is 0. The molecule has 0 radical (unpaired) electrons. The Hall–Kier alpha value is -2.36. The van der Waals surface area contributed by atoms with Crippen LogP contribution in [0.15, 0.2) is 34.7 Å². The zero-order chi connectivity index (χ0) is 16.8. The topological polar surface area (TPSA) is 56.5 Å². The number of ether oxygens (including phenoxy) is 1. The van der Waals surface area contributed by atoms with Crippen molar-refractivity contribution in [3.8, 4) is 0 Å². The molecule has 0 saturated heterocycles. The van der Waals surface area contributed by atoms with Gasteiger partial charge in [-0.1, -0.05) is 37.3 Å². The molecule has 0 N–H and O–H groups in total. The average Bonchev–Trinajstić information content (AvgIpc) is 2.89. The molecule has 122 valence electrons. The number of esters is 1. The minimum absolute atomic E-state index is 0.0689. The van der Waals surface area contributed by atoms with Gasteiger partial charge in [0.25, 0.3) is 0 Å². The zero-order valence-corrected chi connectivity index (χ0v) is 13.8. The van der Waals surface area contributed by atoms with Crippen molar-refractivity contribution in [2.45, 2.75) is 40.0 Å². The van der Waals surface area contributed by atoms with E-state index in [-0.39, 0.29) is 11.8 Å². The van der Waals surface area contributed by atoms with E-state index >= 15 is 0 Å². The van der Waals surface area contributed by atoms with Crippen LogP contribution in [0.4, 0.5) is 0 Å². The van der Waals surface area contributed by atoms with Gasteiger partial charge in [0, 0.05) is 24.0 Å². The molecule has 4 heteroatoms. The Bertz CT molecular complexity index is 683. The van der Waals surface area contributed by atoms with Gasteiger partial charge in [-0.15, -0.1) is 0 Å². The molecule has 2 rings (SSSR count). The molecule has 1 heterocycles. The number of benzene rings is 1. The summed E-state index contributed by atoms with van der Waals surface area (Å²) in [6.45, 7) is 5.83. The fourth-order valence-corrected chi connectivity index (χ4v) is 2.69. The SMILES string of the molecule is CCOC(=O)c1c(C)oc(CCC(=O)c2ccccc2)c1CC. The molecule has 0 fully saturated rings. The van der Waals surface area contributed by atoms with E-state index in [1.165, 1.54) is 0 Å². The Morgan fingerprint density at radius 2 is 1.83 bits per heavy atom. The van der Waals surface area contributed by atoms with Gasteiger partial charge in [-0.05, 0) is 20.3 Å². The summed E-state index contributed by atoms with van der Waals surface area (Å²) < 4.78 is 10.8. The summed E-state index contributed by atoms with van der Waals surface area (Å²) in [5, 5.41) is 0. The van der Waals surface area contributed by atoms with E-state index in [1.54, 1.807) is 26.0 Å². The molecule has 4 nitrogen and oxygen atoms in total. The summed E-state index contributed by atoms with van der Waals surface area (Å²) in [6, 6.07) is 9.19. The fourth-order valence-electron chi connectivity index (χ4n) is 2.69. The fraction of sp³-hybridized carbons (Fsp3) is 0.368. The summed E-state index contributed by atoms with van der Waals surface area (Å²) in [4.78, 5) is 24.3. The molecular weight excluding hydrogens is 292 g/mol. The first-order valence-corrected chi connectivity index (χ1v) is 7.94. The van der Waals surface area contributed by atoms with Crippen molar-refractivity contribution in [3.63, 3.8) is 0 Å². The van der Waals surface area contributed by atoms with Crippen molar-refractivity contribution in [2.24, 2.45) is 0 Å². The highest BCUT2D eigenvalue weighted by molar-refractivity contribution is 5.96. The van der Waals surface area contributed by atoms with Gasteiger partial charge in [-0.2, -0.15) is 0 Å². The highest BCUT2D eigenvalue weighted by atomic mass is 16.5. The van der Waals surface area contributed by atoms with E-state index in [4.69, 9.17) is 9.15 Å². The molecule has 23 heavy (non-hydrogen) atoms. The lowest BCUT2D eigenvalue weighted by Crippen LogP contribution is -2.08. The van der Waals surface area contributed by atoms with Gasteiger partial charge in [0.15, 0.2) is 5.78 Å². The van der Waals surface area contributed by atoms with Crippen LogP contribution in [-0.2, 0) is 17.6 Å². The monoisotopic (exact) mass is 314 g/mol. The molecular formula is C19H22O4. The van der Waals surface area contributed by atoms with E-state index in [9.17, 15) is 9.59 Å². The van der Waals surface area contributed by atoms with E-state index < -0.39 is 0 Å². The normalized spacial score (nSPS) is 10.6. The molecule has 2 aromatic rings. The van der Waals surface area contributed by atoms with Crippen LogP contribution in [0.3, 0.4) is 0 Å². The van der Waals surface area contributed by atoms with Crippen LogP contribution in [0.25, 0.3) is 0 Å². The zero-order valence-electron chi connectivity index (χ0n) is 13.8. The average molecular weight is 314 g/mol. The van der Waals surface area contributed by atoms with Gasteiger partial charge < -0.3 is 9.15 Å². The highest BCUT2D eigenvalue weighted by Gasteiger charge is 2.23. The second-order valence-corrected chi connectivity index (χ2v) is 5.30. The number of ketones is 1. The Labute approximate surface area is 136 Å². The third-order valence-electron chi connectivity index (χ3n) is 3.77. The van der Waals surface area contributed by atoms with Crippen LogP contribution in [-0.4, -0.2) is 18.4 Å². The lowest BCUT2D eigenvalue weighted by molar-refractivity contribution is 0.0523. The van der Waals surface area contributed by atoms with E-state index in [0.717, 1.165) is 5.56 Å². The molecule has 0 aliphatic carbocycles. The predicted octanol–water partition coefficient (Wildman–Crippen LogP) is 4.14. The minimum Gasteiger partial charge on any atom is -0.465 e. The number of carbonyl (C=O) groups is 2. The molecule has 0 bridgehead atoms. The predicted molar refractivity (Wildman–Crippen MR) is 87.9 cm³/mol. The van der Waals surface area contributed by atoms with Gasteiger partial charge in [0.05, 0.1) is 6.61 Å². The Kier molecular flexibility index (Phi) is 5.74. The smallest absolute Gasteiger partial charge is 0.341 e. The van der Waals surface area contributed by atoms with Crippen LogP contribution in [0.5, 0.6) is 0 Å². The number of aryl methyl sites for hydroxylation is 2. The Morgan fingerprint density at radius 1 is 1.13 bits per heavy atom. The number of hydrogen-bond acceptors (Lipinski definition) is 4. The summed E-state index contributed by atoms with van der Waals surface area (Å²) in [6.07, 6.45) is 1.50. The van der Waals surface area contributed by atoms with Crippen molar-refractivity contribution in [2.75, 3.05) is 6.61 Å². The lowest BCUT2D eigenvalue weighted by atomic mass is 10.0. The highest BCUT2D eigenvalue weighted by Crippen LogP contribution is 2.25. The first-order chi connectivity index (χ1) is 11.1. The maximum absolute atomic E-state index is 12.2. The van der Waals surface area contributed by atoms with Crippen molar-refractivity contribution < 1.29 is 18.7 Å². The molecule has 0 saturated carbocycles. The van der Waals surface area contributed by atoms with Crippen LogP contribution >= 0.6 is 0 Å². The molecule has 0 unspecified atom stereocenters. The number of hydrogen-bond donors (Lipinski definition) is 0. The lowest BCUT2D eigenvalue weighted by Gasteiger charge is -2.04. The van der Waals surface area contributed by atoms with Crippen LogP contribution in [0.1, 0.15) is 58.1 Å². The Morgan fingerprint density at radius 3 is 2.43 bits per heavy atom. The standard InChI is InChI=1S/C19H22O4/c1-4-15-17(23-13(3)18(15)19(21)22-5-2)12-11-16(20)14-9-7-6-8-10-14/h6-10H,4-5,11-12H2,1-3H3. The second-order valence-electron chi connectivity index (χ2n) is 5.30. The van der Waals surface area contributed by atoms with Crippen molar-refractivity contribution in [1.82, 2.24) is 0 Å². The van der Waals surface area contributed by atoms with Crippen molar-refractivity contribution >= 4 is 11.8 Å². The van der Waals surface area contributed by atoms with Gasteiger partial charge in [0.2, 0.25) is 0 Å². The molecule has 0 spiro atoms. The van der Waals surface area contributed by atoms with Gasteiger partial charge >= 0.3 is 5.97 Å². The maximum Gasteiger partial charge on any atom is 0.341 e. The van der Waals surface area contributed by atoms with Gasteiger partial charge in [-0.25, -0.2) is 4.79 Å². The van der Waals surface area contributed by atoms with Crippen LogP contribution in [0, 0.1) is 6.92 Å². The largest absolute Gasteiger partial charge is 0.465 e. The number of furan rings is 1. The van der Waals surface area contributed by atoms with E-state index in [1.807, 2.05) is 25.1 Å². The first-order valence-electron chi connectivity index (χ1n) is 7.94. The molecule has 0 aliphatic rings. The summed E-state index contributed by atoms with van der Waals surface area (Å²) >= 11 is 0. The third-order valence-corrected chi connectivity index (χ3v) is 3.77. The quantitative estimate of drug-likeness (QED) is 0.569. The maximum atomic E-state index is 12.2. The molecule has 0 atom stereocenters. The Balaban J connectivity index is 2.16.